The number of urea groups is 1. The summed E-state index contributed by atoms with van der Waals surface area (Å²) in [5, 5.41) is 4.91. The first-order chi connectivity index (χ1) is 8.34. The van der Waals surface area contributed by atoms with Crippen LogP contribution in [0.4, 0.5) is 29.3 Å². The van der Waals surface area contributed by atoms with Gasteiger partial charge < -0.3 is 16.4 Å². The van der Waals surface area contributed by atoms with Crippen molar-refractivity contribution in [3.8, 4) is 0 Å². The number of nitrogens with one attached hydrogen (secondary N) is 2. The molecule has 1 rings (SSSR count). The molecule has 1 aromatic rings. The summed E-state index contributed by atoms with van der Waals surface area (Å²) in [5.41, 5.74) is 4.63. The number of halogens is 3. The number of anilines is 2. The van der Waals surface area contributed by atoms with Crippen LogP contribution in [0.5, 0.6) is 0 Å². The Morgan fingerprint density at radius 3 is 2.56 bits per heavy atom. The molecular formula is C11H14F3N3O. The second-order valence-electron chi connectivity index (χ2n) is 3.68. The van der Waals surface area contributed by atoms with Crippen LogP contribution in [-0.4, -0.2) is 12.6 Å². The molecule has 0 aromatic heterocycles. The average Bonchev–Trinajstić information content (AvgIpc) is 2.27. The average molecular weight is 261 g/mol. The maximum absolute atomic E-state index is 12.4. The Hall–Kier alpha value is -1.92. The van der Waals surface area contributed by atoms with Crippen molar-refractivity contribution in [2.75, 3.05) is 17.6 Å². The van der Waals surface area contributed by atoms with Crippen molar-refractivity contribution in [1.82, 2.24) is 5.32 Å². The summed E-state index contributed by atoms with van der Waals surface area (Å²) in [6, 6.07) is 2.29. The minimum absolute atomic E-state index is 0.128. The van der Waals surface area contributed by atoms with Crippen molar-refractivity contribution in [3.05, 3.63) is 23.8 Å². The Morgan fingerprint density at radius 1 is 1.39 bits per heavy atom. The van der Waals surface area contributed by atoms with Crippen molar-refractivity contribution in [3.63, 3.8) is 0 Å². The summed E-state index contributed by atoms with van der Waals surface area (Å²) in [5.74, 6) is 0. The van der Waals surface area contributed by atoms with E-state index in [9.17, 15) is 18.0 Å². The van der Waals surface area contributed by atoms with Crippen LogP contribution in [0.3, 0.4) is 0 Å². The van der Waals surface area contributed by atoms with Crippen LogP contribution in [0.15, 0.2) is 18.2 Å². The van der Waals surface area contributed by atoms with Crippen LogP contribution in [0.1, 0.15) is 18.9 Å². The largest absolute Gasteiger partial charge is 0.416 e. The van der Waals surface area contributed by atoms with Crippen molar-refractivity contribution in [2.24, 2.45) is 0 Å². The monoisotopic (exact) mass is 261 g/mol. The zero-order valence-corrected chi connectivity index (χ0v) is 9.77. The van der Waals surface area contributed by atoms with Crippen molar-refractivity contribution >= 4 is 17.4 Å². The van der Waals surface area contributed by atoms with Gasteiger partial charge in [0.15, 0.2) is 0 Å². The number of nitrogen functional groups attached to an aromatic ring is 1. The lowest BCUT2D eigenvalue weighted by atomic mass is 10.1. The molecule has 4 N–H and O–H groups in total. The number of hydrogen-bond donors (Lipinski definition) is 3. The van der Waals surface area contributed by atoms with Gasteiger partial charge in [-0.15, -0.1) is 0 Å². The van der Waals surface area contributed by atoms with Gasteiger partial charge in [0.2, 0.25) is 0 Å². The van der Waals surface area contributed by atoms with E-state index in [-0.39, 0.29) is 11.4 Å². The normalized spacial score (nSPS) is 11.1. The molecule has 18 heavy (non-hydrogen) atoms. The fourth-order valence-electron chi connectivity index (χ4n) is 1.26. The minimum atomic E-state index is -4.45. The van der Waals surface area contributed by atoms with Gasteiger partial charge in [-0.1, -0.05) is 6.92 Å². The predicted octanol–water partition coefficient (Wildman–Crippen LogP) is 2.82. The number of hydrogen-bond acceptors (Lipinski definition) is 2. The molecule has 0 aliphatic carbocycles. The second-order valence-corrected chi connectivity index (χ2v) is 3.68. The summed E-state index contributed by atoms with van der Waals surface area (Å²) < 4.78 is 37.1. The number of alkyl halides is 3. The minimum Gasteiger partial charge on any atom is -0.397 e. The van der Waals surface area contributed by atoms with E-state index < -0.39 is 17.8 Å². The molecule has 0 heterocycles. The van der Waals surface area contributed by atoms with Gasteiger partial charge in [-0.2, -0.15) is 13.2 Å². The van der Waals surface area contributed by atoms with Crippen LogP contribution in [-0.2, 0) is 6.18 Å². The number of amides is 2. The number of carbonyl (C=O) groups excluding carboxylic acids is 1. The van der Waals surface area contributed by atoms with E-state index in [0.717, 1.165) is 24.6 Å². The lowest BCUT2D eigenvalue weighted by molar-refractivity contribution is -0.137. The van der Waals surface area contributed by atoms with Crippen molar-refractivity contribution < 1.29 is 18.0 Å². The van der Waals surface area contributed by atoms with Crippen molar-refractivity contribution in [1.29, 1.82) is 0 Å². The highest BCUT2D eigenvalue weighted by Crippen LogP contribution is 2.32. The van der Waals surface area contributed by atoms with Gasteiger partial charge in [0.25, 0.3) is 0 Å². The highest BCUT2D eigenvalue weighted by molar-refractivity contribution is 5.92. The third kappa shape index (κ3) is 3.83. The third-order valence-electron chi connectivity index (χ3n) is 2.16. The molecule has 0 unspecified atom stereocenters. The molecule has 0 saturated heterocycles. The quantitative estimate of drug-likeness (QED) is 0.732. The highest BCUT2D eigenvalue weighted by atomic mass is 19.4. The van der Waals surface area contributed by atoms with Crippen molar-refractivity contribution in [2.45, 2.75) is 19.5 Å². The van der Waals surface area contributed by atoms with E-state index in [2.05, 4.69) is 10.6 Å². The Balaban J connectivity index is 2.77. The van der Waals surface area contributed by atoms with Crippen LogP contribution in [0, 0.1) is 0 Å². The molecule has 100 valence electrons. The van der Waals surface area contributed by atoms with Gasteiger partial charge in [0.1, 0.15) is 0 Å². The standard InChI is InChI=1S/C11H14F3N3O/c1-2-5-16-10(18)17-9-4-3-7(6-8(9)15)11(12,13)14/h3-4,6H,2,5,15H2,1H3,(H2,16,17,18). The first kappa shape index (κ1) is 14.1. The summed E-state index contributed by atoms with van der Waals surface area (Å²) in [4.78, 5) is 11.3. The first-order valence-electron chi connectivity index (χ1n) is 5.36. The molecule has 0 saturated carbocycles. The molecule has 0 spiro atoms. The van der Waals surface area contributed by atoms with Gasteiger partial charge in [0, 0.05) is 6.54 Å². The Labute approximate surface area is 102 Å². The molecule has 0 aliphatic rings. The van der Waals surface area contributed by atoms with Gasteiger partial charge in [-0.3, -0.25) is 0 Å². The fourth-order valence-corrected chi connectivity index (χ4v) is 1.26. The topological polar surface area (TPSA) is 67.2 Å². The Bertz CT molecular complexity index is 432. The first-order valence-corrected chi connectivity index (χ1v) is 5.36. The van der Waals surface area contributed by atoms with Gasteiger partial charge >= 0.3 is 12.2 Å². The molecule has 4 nitrogen and oxygen atoms in total. The number of carbonyl (C=O) groups is 1. The smallest absolute Gasteiger partial charge is 0.397 e. The Kier molecular flexibility index (Phi) is 4.41. The molecule has 0 fully saturated rings. The maximum atomic E-state index is 12.4. The SMILES string of the molecule is CCCNC(=O)Nc1ccc(C(F)(F)F)cc1N. The van der Waals surface area contributed by atoms with Crippen LogP contribution >= 0.6 is 0 Å². The fraction of sp³-hybridized carbons (Fsp3) is 0.364. The molecular weight excluding hydrogens is 247 g/mol. The zero-order valence-electron chi connectivity index (χ0n) is 9.77. The summed E-state index contributed by atoms with van der Waals surface area (Å²) in [6.07, 6.45) is -3.69. The van der Waals surface area contributed by atoms with Crippen LogP contribution in [0.25, 0.3) is 0 Å². The number of nitrogens with two attached hydrogens (primary N) is 1. The highest BCUT2D eigenvalue weighted by Gasteiger charge is 2.30. The third-order valence-corrected chi connectivity index (χ3v) is 2.16. The van der Waals surface area contributed by atoms with Crippen LogP contribution < -0.4 is 16.4 Å². The zero-order chi connectivity index (χ0) is 13.8. The summed E-state index contributed by atoms with van der Waals surface area (Å²) >= 11 is 0. The van der Waals surface area contributed by atoms with Gasteiger partial charge in [-0.05, 0) is 24.6 Å². The molecule has 0 aliphatic heterocycles. The molecule has 0 atom stereocenters. The molecule has 0 bridgehead atoms. The maximum Gasteiger partial charge on any atom is 0.416 e. The lowest BCUT2D eigenvalue weighted by Gasteiger charge is -2.12. The summed E-state index contributed by atoms with van der Waals surface area (Å²) in [6.45, 7) is 2.36. The summed E-state index contributed by atoms with van der Waals surface area (Å²) in [7, 11) is 0. The predicted molar refractivity (Wildman–Crippen MR) is 63.2 cm³/mol. The number of rotatable bonds is 3. The Morgan fingerprint density at radius 2 is 2.06 bits per heavy atom. The van der Waals surface area contributed by atoms with E-state index in [1.807, 2.05) is 6.92 Å². The molecule has 2 amide bonds. The van der Waals surface area contributed by atoms with Gasteiger partial charge in [0.05, 0.1) is 16.9 Å². The van der Waals surface area contributed by atoms with Crippen LogP contribution in [0.2, 0.25) is 0 Å². The van der Waals surface area contributed by atoms with E-state index >= 15 is 0 Å². The molecule has 1 aromatic carbocycles. The van der Waals surface area contributed by atoms with E-state index in [1.165, 1.54) is 0 Å². The molecule has 7 heteroatoms. The number of benzene rings is 1. The second kappa shape index (κ2) is 5.61. The molecule has 0 radical (unpaired) electrons. The lowest BCUT2D eigenvalue weighted by Crippen LogP contribution is -2.29. The van der Waals surface area contributed by atoms with E-state index in [0.29, 0.717) is 6.54 Å². The van der Waals surface area contributed by atoms with E-state index in [1.54, 1.807) is 0 Å². The van der Waals surface area contributed by atoms with Gasteiger partial charge in [-0.25, -0.2) is 4.79 Å². The van der Waals surface area contributed by atoms with E-state index in [4.69, 9.17) is 5.73 Å².